The van der Waals surface area contributed by atoms with Crippen LogP contribution in [0.4, 0.5) is 0 Å². The molecule has 1 aromatic carbocycles. The van der Waals surface area contributed by atoms with E-state index in [1.54, 1.807) is 23.4 Å². The van der Waals surface area contributed by atoms with Crippen LogP contribution in [0, 0.1) is 6.92 Å². The molecular weight excluding hydrogens is 362 g/mol. The van der Waals surface area contributed by atoms with Gasteiger partial charge < -0.3 is 14.2 Å². The van der Waals surface area contributed by atoms with E-state index < -0.39 is 0 Å². The molecule has 9 heteroatoms. The van der Waals surface area contributed by atoms with Crippen molar-refractivity contribution in [1.82, 2.24) is 24.4 Å². The van der Waals surface area contributed by atoms with Crippen LogP contribution < -0.4 is 10.4 Å². The molecule has 1 aliphatic rings. The average Bonchev–Trinajstić information content (AvgIpc) is 3.11. The molecule has 0 bridgehead atoms. The van der Waals surface area contributed by atoms with E-state index in [0.717, 1.165) is 0 Å². The fourth-order valence-electron chi connectivity index (χ4n) is 3.29. The number of amides is 1. The van der Waals surface area contributed by atoms with Gasteiger partial charge in [0.05, 0.1) is 5.56 Å². The minimum atomic E-state index is -0.230. The highest BCUT2D eigenvalue weighted by Gasteiger charge is 2.27. The second kappa shape index (κ2) is 7.34. The van der Waals surface area contributed by atoms with E-state index in [2.05, 4.69) is 10.3 Å². The molecule has 4 rings (SSSR count). The Morgan fingerprint density at radius 1 is 1.21 bits per heavy atom. The van der Waals surface area contributed by atoms with Gasteiger partial charge in [-0.1, -0.05) is 23.4 Å². The SMILES string of the molecule is Cc1onc(C(=O)N2CCc3nn(C)c(=O)n3CC2)c1COc1ccccc1. The van der Waals surface area contributed by atoms with Gasteiger partial charge >= 0.3 is 5.69 Å². The lowest BCUT2D eigenvalue weighted by Gasteiger charge is -2.19. The summed E-state index contributed by atoms with van der Waals surface area (Å²) in [4.78, 5) is 26.8. The number of hydrogen-bond donors (Lipinski definition) is 0. The Kier molecular flexibility index (Phi) is 4.72. The zero-order valence-corrected chi connectivity index (χ0v) is 15.8. The Morgan fingerprint density at radius 3 is 2.79 bits per heavy atom. The molecule has 0 radical (unpaired) electrons. The summed E-state index contributed by atoms with van der Waals surface area (Å²) in [6, 6.07) is 9.37. The highest BCUT2D eigenvalue weighted by Crippen LogP contribution is 2.20. The number of benzene rings is 1. The third-order valence-electron chi connectivity index (χ3n) is 4.88. The van der Waals surface area contributed by atoms with E-state index in [4.69, 9.17) is 9.26 Å². The quantitative estimate of drug-likeness (QED) is 0.671. The van der Waals surface area contributed by atoms with Gasteiger partial charge in [0.15, 0.2) is 5.69 Å². The normalized spacial score (nSPS) is 13.9. The molecule has 0 aliphatic carbocycles. The fourth-order valence-corrected chi connectivity index (χ4v) is 3.29. The van der Waals surface area contributed by atoms with Crippen LogP contribution in [0.15, 0.2) is 39.6 Å². The van der Waals surface area contributed by atoms with Crippen LogP contribution in [0.3, 0.4) is 0 Å². The largest absolute Gasteiger partial charge is 0.489 e. The Morgan fingerprint density at radius 2 is 2.00 bits per heavy atom. The first-order valence-corrected chi connectivity index (χ1v) is 9.09. The minimum absolute atomic E-state index is 0.168. The Balaban J connectivity index is 1.50. The summed E-state index contributed by atoms with van der Waals surface area (Å²) >= 11 is 0. The van der Waals surface area contributed by atoms with Gasteiger partial charge in [-0.2, -0.15) is 5.10 Å². The molecule has 0 N–H and O–H groups in total. The zero-order chi connectivity index (χ0) is 19.7. The van der Waals surface area contributed by atoms with Crippen molar-refractivity contribution in [1.29, 1.82) is 0 Å². The first-order valence-electron chi connectivity index (χ1n) is 9.09. The number of hydrogen-bond acceptors (Lipinski definition) is 6. The van der Waals surface area contributed by atoms with Crippen molar-refractivity contribution in [2.45, 2.75) is 26.5 Å². The summed E-state index contributed by atoms with van der Waals surface area (Å²) in [7, 11) is 1.63. The summed E-state index contributed by atoms with van der Waals surface area (Å²) in [5.74, 6) is 1.71. The van der Waals surface area contributed by atoms with Gasteiger partial charge in [0, 0.05) is 33.1 Å². The molecule has 1 aliphatic heterocycles. The average molecular weight is 383 g/mol. The minimum Gasteiger partial charge on any atom is -0.489 e. The Bertz CT molecular complexity index is 1050. The van der Waals surface area contributed by atoms with E-state index in [9.17, 15) is 9.59 Å². The molecule has 3 aromatic rings. The third-order valence-corrected chi connectivity index (χ3v) is 4.88. The van der Waals surface area contributed by atoms with E-state index in [0.29, 0.717) is 49.0 Å². The second-order valence-electron chi connectivity index (χ2n) is 6.68. The molecule has 2 aromatic heterocycles. The smallest absolute Gasteiger partial charge is 0.345 e. The number of para-hydroxylation sites is 1. The molecule has 1 amide bonds. The number of aryl methyl sites for hydroxylation is 2. The molecule has 0 saturated carbocycles. The summed E-state index contributed by atoms with van der Waals surface area (Å²) in [6.45, 7) is 3.22. The maximum absolute atomic E-state index is 13.1. The first kappa shape index (κ1) is 18.0. The number of rotatable bonds is 4. The molecular formula is C19H21N5O4. The lowest BCUT2D eigenvalue weighted by atomic mass is 10.2. The monoisotopic (exact) mass is 383 g/mol. The molecule has 0 saturated heterocycles. The van der Waals surface area contributed by atoms with Gasteiger partial charge in [0.1, 0.15) is 23.9 Å². The predicted octanol–water partition coefficient (Wildman–Crippen LogP) is 1.16. The molecule has 0 spiro atoms. The second-order valence-corrected chi connectivity index (χ2v) is 6.68. The van der Waals surface area contributed by atoms with Gasteiger partial charge in [0.2, 0.25) is 0 Å². The molecule has 9 nitrogen and oxygen atoms in total. The van der Waals surface area contributed by atoms with Gasteiger partial charge in [-0.05, 0) is 19.1 Å². The van der Waals surface area contributed by atoms with Gasteiger partial charge in [-0.3, -0.25) is 9.36 Å². The number of ether oxygens (including phenoxy) is 1. The van der Waals surface area contributed by atoms with Crippen molar-refractivity contribution >= 4 is 5.91 Å². The van der Waals surface area contributed by atoms with Crippen molar-refractivity contribution in [3.05, 3.63) is 63.7 Å². The lowest BCUT2D eigenvalue weighted by molar-refractivity contribution is 0.0745. The van der Waals surface area contributed by atoms with Gasteiger partial charge in [-0.15, -0.1) is 0 Å². The van der Waals surface area contributed by atoms with E-state index in [1.807, 2.05) is 30.3 Å². The highest BCUT2D eigenvalue weighted by atomic mass is 16.5. The number of fused-ring (bicyclic) bond motifs is 1. The predicted molar refractivity (Wildman–Crippen MR) is 99.1 cm³/mol. The van der Waals surface area contributed by atoms with Crippen molar-refractivity contribution < 1.29 is 14.1 Å². The number of carbonyl (C=O) groups is 1. The zero-order valence-electron chi connectivity index (χ0n) is 15.8. The summed E-state index contributed by atoms with van der Waals surface area (Å²) < 4.78 is 14.0. The topological polar surface area (TPSA) is 95.4 Å². The summed E-state index contributed by atoms with van der Waals surface area (Å²) in [5, 5.41) is 8.20. The van der Waals surface area contributed by atoms with Crippen LogP contribution in [0.25, 0.3) is 0 Å². The van der Waals surface area contributed by atoms with Gasteiger partial charge in [0.25, 0.3) is 5.91 Å². The highest BCUT2D eigenvalue weighted by molar-refractivity contribution is 5.93. The fraction of sp³-hybridized carbons (Fsp3) is 0.368. The Labute approximate surface area is 161 Å². The number of carbonyl (C=O) groups excluding carboxylic acids is 1. The van der Waals surface area contributed by atoms with Crippen LogP contribution in [0.2, 0.25) is 0 Å². The van der Waals surface area contributed by atoms with Crippen LogP contribution in [-0.2, 0) is 26.6 Å². The maximum atomic E-state index is 13.1. The van der Waals surface area contributed by atoms with Gasteiger partial charge in [-0.25, -0.2) is 9.48 Å². The van der Waals surface area contributed by atoms with E-state index in [1.165, 1.54) is 4.68 Å². The van der Waals surface area contributed by atoms with Crippen molar-refractivity contribution in [2.75, 3.05) is 13.1 Å². The molecule has 3 heterocycles. The van der Waals surface area contributed by atoms with Crippen molar-refractivity contribution in [3.63, 3.8) is 0 Å². The van der Waals surface area contributed by atoms with E-state index in [-0.39, 0.29) is 23.9 Å². The molecule has 28 heavy (non-hydrogen) atoms. The number of nitrogens with zero attached hydrogens (tertiary/aromatic N) is 5. The first-order chi connectivity index (χ1) is 13.5. The Hall–Kier alpha value is -3.36. The van der Waals surface area contributed by atoms with Crippen molar-refractivity contribution in [2.24, 2.45) is 7.05 Å². The van der Waals surface area contributed by atoms with E-state index >= 15 is 0 Å². The molecule has 0 unspecified atom stereocenters. The van der Waals surface area contributed by atoms with Crippen molar-refractivity contribution in [3.8, 4) is 5.75 Å². The summed E-state index contributed by atoms with van der Waals surface area (Å²) in [5.41, 5.74) is 0.714. The third kappa shape index (κ3) is 3.30. The van der Waals surface area contributed by atoms with Crippen LogP contribution in [-0.4, -0.2) is 43.4 Å². The lowest BCUT2D eigenvalue weighted by Crippen LogP contribution is -2.35. The molecule has 0 fully saturated rings. The van der Waals surface area contributed by atoms with Crippen LogP contribution >= 0.6 is 0 Å². The standard InChI is InChI=1S/C19H21N5O4/c1-13-15(12-27-14-6-4-3-5-7-14)17(21-28-13)18(25)23-9-8-16-20-22(2)19(26)24(16)11-10-23/h3-7H,8-12H2,1-2H3. The number of aromatic nitrogens is 4. The van der Waals surface area contributed by atoms with Crippen LogP contribution in [0.1, 0.15) is 27.6 Å². The summed E-state index contributed by atoms with van der Waals surface area (Å²) in [6.07, 6.45) is 0.508. The molecule has 146 valence electrons. The maximum Gasteiger partial charge on any atom is 0.345 e. The molecule has 0 atom stereocenters. The van der Waals surface area contributed by atoms with Crippen LogP contribution in [0.5, 0.6) is 5.75 Å².